The predicted molar refractivity (Wildman–Crippen MR) is 118 cm³/mol. The molecule has 0 bridgehead atoms. The van der Waals surface area contributed by atoms with Crippen LogP contribution in [0.3, 0.4) is 0 Å². The summed E-state index contributed by atoms with van der Waals surface area (Å²) in [5.41, 5.74) is 7.84. The molecular formula is C23H26FN5O2. The van der Waals surface area contributed by atoms with Crippen molar-refractivity contribution in [1.29, 1.82) is 0 Å². The molecule has 1 saturated carbocycles. The van der Waals surface area contributed by atoms with Crippen LogP contribution in [0, 0.1) is 0 Å². The van der Waals surface area contributed by atoms with E-state index in [9.17, 15) is 4.39 Å². The van der Waals surface area contributed by atoms with Gasteiger partial charge < -0.3 is 20.5 Å². The number of hydrogen-bond acceptors (Lipinski definition) is 6. The van der Waals surface area contributed by atoms with Crippen LogP contribution in [0.5, 0.6) is 11.5 Å². The van der Waals surface area contributed by atoms with Gasteiger partial charge >= 0.3 is 0 Å². The molecule has 162 valence electrons. The molecule has 4 rings (SSSR count). The predicted octanol–water partition coefficient (Wildman–Crippen LogP) is 3.77. The van der Waals surface area contributed by atoms with Crippen LogP contribution < -0.4 is 20.5 Å². The van der Waals surface area contributed by atoms with E-state index in [1.807, 2.05) is 53.2 Å². The number of nitrogens with one attached hydrogen (secondary N) is 1. The number of ether oxygens (including phenoxy) is 2. The minimum absolute atomic E-state index is 0.122. The van der Waals surface area contributed by atoms with Gasteiger partial charge in [-0.15, -0.1) is 5.10 Å². The summed E-state index contributed by atoms with van der Waals surface area (Å²) in [5.74, 6) is 2.84. The minimum atomic E-state index is 0.122. The molecule has 7 nitrogen and oxygen atoms in total. The Morgan fingerprint density at radius 2 is 1.87 bits per heavy atom. The van der Waals surface area contributed by atoms with Crippen molar-refractivity contribution < 1.29 is 13.9 Å². The molecule has 1 aromatic heterocycles. The average Bonchev–Trinajstić information content (AvgIpc) is 3.55. The van der Waals surface area contributed by atoms with E-state index in [2.05, 4.69) is 5.32 Å². The molecule has 0 spiro atoms. The summed E-state index contributed by atoms with van der Waals surface area (Å²) in [7, 11) is 1.65. The van der Waals surface area contributed by atoms with Gasteiger partial charge in [0.1, 0.15) is 18.1 Å². The van der Waals surface area contributed by atoms with Crippen molar-refractivity contribution in [3.8, 4) is 22.9 Å². The van der Waals surface area contributed by atoms with Crippen LogP contribution in [-0.2, 0) is 6.54 Å². The fourth-order valence-electron chi connectivity index (χ4n) is 3.01. The van der Waals surface area contributed by atoms with E-state index >= 15 is 0 Å². The molecule has 3 N–H and O–H groups in total. The Hall–Kier alpha value is -3.39. The Morgan fingerprint density at radius 1 is 1.16 bits per heavy atom. The summed E-state index contributed by atoms with van der Waals surface area (Å²) in [4.78, 5) is 4.72. The molecule has 0 unspecified atom stereocenters. The molecule has 0 atom stereocenters. The topological polar surface area (TPSA) is 87.2 Å². The number of methoxy groups -OCH3 is 1. The third kappa shape index (κ3) is 5.40. The Kier molecular flexibility index (Phi) is 6.47. The molecule has 3 aromatic rings. The van der Waals surface area contributed by atoms with E-state index in [0.29, 0.717) is 36.1 Å². The maximum atomic E-state index is 12.6. The molecule has 0 aliphatic heterocycles. The maximum absolute atomic E-state index is 12.6. The number of rotatable bonds is 10. The van der Waals surface area contributed by atoms with Gasteiger partial charge in [0.2, 0.25) is 5.95 Å². The third-order valence-electron chi connectivity index (χ3n) is 5.03. The number of anilines is 1. The average molecular weight is 423 g/mol. The number of nitrogens with zero attached hydrogens (tertiary/aromatic N) is 3. The first-order valence-electron chi connectivity index (χ1n) is 10.2. The van der Waals surface area contributed by atoms with Gasteiger partial charge in [0.25, 0.3) is 0 Å². The number of nitrogens with two attached hydrogens (primary N) is 1. The first-order valence-corrected chi connectivity index (χ1v) is 10.2. The third-order valence-corrected chi connectivity index (χ3v) is 5.03. The van der Waals surface area contributed by atoms with Gasteiger partial charge in [0, 0.05) is 23.7 Å². The number of aromatic nitrogens is 3. The molecule has 0 radical (unpaired) electrons. The smallest absolute Gasteiger partial charge is 0.222 e. The van der Waals surface area contributed by atoms with E-state index in [4.69, 9.17) is 25.3 Å². The van der Waals surface area contributed by atoms with Gasteiger partial charge in [-0.25, -0.2) is 9.07 Å². The fraction of sp³-hybridized carbons (Fsp3) is 0.304. The zero-order chi connectivity index (χ0) is 21.6. The molecule has 1 heterocycles. The molecule has 0 saturated heterocycles. The lowest BCUT2D eigenvalue weighted by Crippen LogP contribution is -2.11. The molecule has 1 aliphatic carbocycles. The van der Waals surface area contributed by atoms with Gasteiger partial charge in [0.15, 0.2) is 5.82 Å². The summed E-state index contributed by atoms with van der Waals surface area (Å²) in [6.45, 7) is 0.849. The van der Waals surface area contributed by atoms with Gasteiger partial charge in [-0.05, 0) is 54.8 Å². The van der Waals surface area contributed by atoms with E-state index in [-0.39, 0.29) is 13.2 Å². The second-order valence-corrected chi connectivity index (χ2v) is 7.47. The normalized spacial score (nSPS) is 13.8. The van der Waals surface area contributed by atoms with Gasteiger partial charge in [-0.2, -0.15) is 4.98 Å². The molecule has 31 heavy (non-hydrogen) atoms. The van der Waals surface area contributed by atoms with Crippen molar-refractivity contribution in [2.45, 2.75) is 25.4 Å². The number of halogens is 1. The summed E-state index contributed by atoms with van der Waals surface area (Å²) in [5, 5.41) is 8.19. The maximum Gasteiger partial charge on any atom is 0.222 e. The first kappa shape index (κ1) is 20.9. The molecule has 1 fully saturated rings. The summed E-state index contributed by atoms with van der Waals surface area (Å²) in [6.07, 6.45) is 2.78. The highest BCUT2D eigenvalue weighted by Crippen LogP contribution is 2.27. The van der Waals surface area contributed by atoms with Crippen LogP contribution in [0.15, 0.2) is 60.4 Å². The Bertz CT molecular complexity index is 1030. The molecule has 2 aromatic carbocycles. The largest absolute Gasteiger partial charge is 0.497 e. The molecule has 8 heteroatoms. The van der Waals surface area contributed by atoms with Crippen LogP contribution >= 0.6 is 0 Å². The molecule has 0 amide bonds. The Morgan fingerprint density at radius 3 is 2.48 bits per heavy atom. The van der Waals surface area contributed by atoms with Gasteiger partial charge in [-0.1, -0.05) is 12.1 Å². The summed E-state index contributed by atoms with van der Waals surface area (Å²) < 4.78 is 25.3. The lowest BCUT2D eigenvalue weighted by atomic mass is 10.2. The van der Waals surface area contributed by atoms with Crippen LogP contribution in [0.25, 0.3) is 11.4 Å². The first-order chi connectivity index (χ1) is 15.2. The summed E-state index contributed by atoms with van der Waals surface area (Å²) >= 11 is 0. The van der Waals surface area contributed by atoms with Gasteiger partial charge in [-0.3, -0.25) is 0 Å². The highest BCUT2D eigenvalue weighted by atomic mass is 19.1. The van der Waals surface area contributed by atoms with E-state index < -0.39 is 0 Å². The number of hydrogen-bond donors (Lipinski definition) is 2. The molecular weight excluding hydrogens is 397 g/mol. The van der Waals surface area contributed by atoms with Crippen LogP contribution in [0.1, 0.15) is 18.4 Å². The van der Waals surface area contributed by atoms with Crippen molar-refractivity contribution >= 4 is 5.95 Å². The standard InChI is InChI=1S/C23H26FN5O2/c1-30-20-8-2-16(3-9-20)14-29-23(26-19-6-7-19)27-22(28-29)18-4-10-21(11-5-18)31-15-17(12-24)13-25/h2-5,8-12,19H,6-7,13-15,25H2,1H3,(H,26,27,28)/b17-12+. The second kappa shape index (κ2) is 9.61. The van der Waals surface area contributed by atoms with Crippen LogP contribution in [-0.4, -0.2) is 41.1 Å². The van der Waals surface area contributed by atoms with Crippen molar-refractivity contribution in [1.82, 2.24) is 14.8 Å². The van der Waals surface area contributed by atoms with Crippen molar-refractivity contribution in [2.75, 3.05) is 25.6 Å². The monoisotopic (exact) mass is 423 g/mol. The van der Waals surface area contributed by atoms with Crippen molar-refractivity contribution in [3.05, 3.63) is 66.0 Å². The fourth-order valence-corrected chi connectivity index (χ4v) is 3.01. The zero-order valence-corrected chi connectivity index (χ0v) is 17.4. The van der Waals surface area contributed by atoms with E-state index in [0.717, 1.165) is 35.7 Å². The van der Waals surface area contributed by atoms with Gasteiger partial charge in [0.05, 0.1) is 20.0 Å². The van der Waals surface area contributed by atoms with Crippen molar-refractivity contribution in [3.63, 3.8) is 0 Å². The molecule has 1 aliphatic rings. The van der Waals surface area contributed by atoms with Crippen LogP contribution in [0.2, 0.25) is 0 Å². The van der Waals surface area contributed by atoms with Crippen LogP contribution in [0.4, 0.5) is 10.3 Å². The quantitative estimate of drug-likeness (QED) is 0.516. The minimum Gasteiger partial charge on any atom is -0.497 e. The zero-order valence-electron chi connectivity index (χ0n) is 17.4. The lowest BCUT2D eigenvalue weighted by Gasteiger charge is -2.08. The van der Waals surface area contributed by atoms with Crippen molar-refractivity contribution in [2.24, 2.45) is 5.73 Å². The lowest BCUT2D eigenvalue weighted by molar-refractivity contribution is 0.347. The highest BCUT2D eigenvalue weighted by molar-refractivity contribution is 5.58. The van der Waals surface area contributed by atoms with E-state index in [1.165, 1.54) is 0 Å². The SMILES string of the molecule is COc1ccc(Cn2nc(-c3ccc(OC/C(=C/F)CN)cc3)nc2NC2CC2)cc1. The Balaban J connectivity index is 1.51. The Labute approximate surface area is 180 Å². The number of benzene rings is 2. The van der Waals surface area contributed by atoms with E-state index in [1.54, 1.807) is 7.11 Å². The second-order valence-electron chi connectivity index (χ2n) is 7.47. The highest BCUT2D eigenvalue weighted by Gasteiger charge is 2.24. The summed E-state index contributed by atoms with van der Waals surface area (Å²) in [6, 6.07) is 15.8.